The van der Waals surface area contributed by atoms with E-state index in [0.29, 0.717) is 22.0 Å². The molecule has 0 heterocycles. The zero-order valence-electron chi connectivity index (χ0n) is 15.4. The van der Waals surface area contributed by atoms with Crippen LogP contribution in [0.25, 0.3) is 0 Å². The first-order chi connectivity index (χ1) is 11.7. The number of carbonyl (C=O) groups is 2. The van der Waals surface area contributed by atoms with Crippen molar-refractivity contribution in [1.29, 1.82) is 0 Å². The molecule has 0 radical (unpaired) electrons. The smallest absolute Gasteiger partial charge is 0.337 e. The van der Waals surface area contributed by atoms with Crippen LogP contribution in [0.2, 0.25) is 0 Å². The van der Waals surface area contributed by atoms with Gasteiger partial charge < -0.3 is 10.1 Å². The first kappa shape index (κ1) is 16.6. The molecule has 4 aliphatic carbocycles. The van der Waals surface area contributed by atoms with E-state index in [1.807, 2.05) is 0 Å². The van der Waals surface area contributed by atoms with Gasteiger partial charge >= 0.3 is 5.97 Å². The van der Waals surface area contributed by atoms with E-state index in [4.69, 9.17) is 4.74 Å². The Balaban J connectivity index is 1.54. The molecule has 0 spiro atoms. The molecule has 1 amide bonds. The topological polar surface area (TPSA) is 55.4 Å². The summed E-state index contributed by atoms with van der Waals surface area (Å²) >= 11 is 0. The first-order valence-electron chi connectivity index (χ1n) is 9.25. The summed E-state index contributed by atoms with van der Waals surface area (Å²) in [5.41, 5.74) is 1.76. The normalized spacial score (nSPS) is 38.4. The Kier molecular flexibility index (Phi) is 3.54. The Bertz CT molecular complexity index is 705. The third-order valence-corrected chi connectivity index (χ3v) is 6.57. The van der Waals surface area contributed by atoms with Crippen LogP contribution in [0.5, 0.6) is 0 Å². The number of carbonyl (C=O) groups excluding carboxylic acids is 2. The highest BCUT2D eigenvalue weighted by atomic mass is 16.5. The summed E-state index contributed by atoms with van der Waals surface area (Å²) in [6.45, 7) is 4.81. The van der Waals surface area contributed by atoms with E-state index in [1.165, 1.54) is 26.4 Å². The van der Waals surface area contributed by atoms with Crippen LogP contribution >= 0.6 is 0 Å². The van der Waals surface area contributed by atoms with Crippen LogP contribution in [0.15, 0.2) is 24.3 Å². The van der Waals surface area contributed by atoms with Crippen LogP contribution in [-0.2, 0) is 4.74 Å². The van der Waals surface area contributed by atoms with Crippen LogP contribution in [-0.4, -0.2) is 24.5 Å². The number of esters is 1. The lowest BCUT2D eigenvalue weighted by molar-refractivity contribution is -0.114. The lowest BCUT2D eigenvalue weighted by atomic mass is 9.43. The van der Waals surface area contributed by atoms with Crippen LogP contribution in [0.4, 0.5) is 0 Å². The van der Waals surface area contributed by atoms with Crippen molar-refractivity contribution in [2.45, 2.75) is 57.9 Å². The minimum atomic E-state index is -0.381. The fourth-order valence-corrected chi connectivity index (χ4v) is 6.78. The maximum atomic E-state index is 12.9. The molecule has 4 atom stereocenters. The van der Waals surface area contributed by atoms with Gasteiger partial charge in [0, 0.05) is 11.1 Å². The van der Waals surface area contributed by atoms with E-state index in [0.717, 1.165) is 25.2 Å². The maximum absolute atomic E-state index is 12.9. The summed E-state index contributed by atoms with van der Waals surface area (Å²) in [6.07, 6.45) is 7.23. The van der Waals surface area contributed by atoms with E-state index < -0.39 is 0 Å². The summed E-state index contributed by atoms with van der Waals surface area (Å²) in [6, 6.07) is 6.74. The molecule has 4 nitrogen and oxygen atoms in total. The molecule has 0 aromatic heterocycles. The van der Waals surface area contributed by atoms with Crippen LogP contribution in [0, 0.1) is 16.7 Å². The summed E-state index contributed by atoms with van der Waals surface area (Å²) in [5, 5.41) is 3.40. The molecule has 0 aliphatic heterocycles. The third-order valence-electron chi connectivity index (χ3n) is 6.57. The highest BCUT2D eigenvalue weighted by Gasteiger charge is 2.60. The summed E-state index contributed by atoms with van der Waals surface area (Å²) < 4.78 is 4.71. The second-order valence-electron chi connectivity index (χ2n) is 9.43. The number of rotatable bonds is 3. The largest absolute Gasteiger partial charge is 0.465 e. The molecule has 4 heteroatoms. The fraction of sp³-hybridized carbons (Fsp3) is 0.619. The number of ether oxygens (including phenoxy) is 1. The van der Waals surface area contributed by atoms with E-state index in [9.17, 15) is 9.59 Å². The Morgan fingerprint density at radius 1 is 0.960 bits per heavy atom. The molecule has 1 aromatic carbocycles. The van der Waals surface area contributed by atoms with Gasteiger partial charge in [-0.05, 0) is 79.5 Å². The fourth-order valence-electron chi connectivity index (χ4n) is 6.78. The third kappa shape index (κ3) is 2.86. The van der Waals surface area contributed by atoms with Crippen LogP contribution < -0.4 is 5.32 Å². The van der Waals surface area contributed by atoms with Crippen LogP contribution in [0.1, 0.15) is 73.1 Å². The number of hydrogen-bond acceptors (Lipinski definition) is 3. The van der Waals surface area contributed by atoms with Crippen molar-refractivity contribution < 1.29 is 14.3 Å². The second kappa shape index (κ2) is 5.33. The highest BCUT2D eigenvalue weighted by molar-refractivity contribution is 5.96. The standard InChI is InChI=1S/C21H27NO3/c1-19-8-14-9-20(2,11-19)13-21(10-14,12-19)22-17(23)15-4-6-16(7-5-15)18(24)25-3/h4-7,14H,8-13H2,1-3H3,(H,22,23)/t14?,19-,20+,21?. The SMILES string of the molecule is COC(=O)c1ccc(C(=O)NC23CC4C[C@@](C)(C2)C[C@](C)(C4)C3)cc1. The van der Waals surface area contributed by atoms with Gasteiger partial charge in [-0.25, -0.2) is 4.79 Å². The molecule has 1 N–H and O–H groups in total. The summed E-state index contributed by atoms with van der Waals surface area (Å²) in [7, 11) is 1.36. The molecular weight excluding hydrogens is 314 g/mol. The van der Waals surface area contributed by atoms with Gasteiger partial charge in [-0.2, -0.15) is 0 Å². The van der Waals surface area contributed by atoms with Crippen molar-refractivity contribution >= 4 is 11.9 Å². The summed E-state index contributed by atoms with van der Waals surface area (Å²) in [5.74, 6) is 0.340. The minimum Gasteiger partial charge on any atom is -0.465 e. The molecule has 1 aromatic rings. The van der Waals surface area contributed by atoms with Gasteiger partial charge in [0.2, 0.25) is 0 Å². The Morgan fingerprint density at radius 2 is 1.52 bits per heavy atom. The van der Waals surface area contributed by atoms with Gasteiger partial charge in [-0.15, -0.1) is 0 Å². The van der Waals surface area contributed by atoms with E-state index in [2.05, 4.69) is 19.2 Å². The van der Waals surface area contributed by atoms with Gasteiger partial charge in [0.25, 0.3) is 5.91 Å². The quantitative estimate of drug-likeness (QED) is 0.847. The molecule has 4 fully saturated rings. The summed E-state index contributed by atoms with van der Waals surface area (Å²) in [4.78, 5) is 24.4. The van der Waals surface area contributed by atoms with Gasteiger partial charge in [0.05, 0.1) is 12.7 Å². The van der Waals surface area contributed by atoms with Gasteiger partial charge in [-0.1, -0.05) is 13.8 Å². The van der Waals surface area contributed by atoms with Crippen LogP contribution in [0.3, 0.4) is 0 Å². The molecule has 4 aliphatic rings. The molecular formula is C21H27NO3. The zero-order chi connectivity index (χ0) is 17.9. The van der Waals surface area contributed by atoms with E-state index in [1.54, 1.807) is 24.3 Å². The molecule has 5 rings (SSSR count). The second-order valence-corrected chi connectivity index (χ2v) is 9.43. The van der Waals surface area contributed by atoms with Crippen molar-refractivity contribution in [2.24, 2.45) is 16.7 Å². The Labute approximate surface area is 149 Å². The number of benzene rings is 1. The van der Waals surface area contributed by atoms with Crippen molar-refractivity contribution in [3.05, 3.63) is 35.4 Å². The molecule has 4 bridgehead atoms. The Hall–Kier alpha value is -1.84. The molecule has 0 saturated heterocycles. The number of hydrogen-bond donors (Lipinski definition) is 1. The number of methoxy groups -OCH3 is 1. The lowest BCUT2D eigenvalue weighted by Crippen LogP contribution is -2.65. The van der Waals surface area contributed by atoms with Crippen molar-refractivity contribution in [3.8, 4) is 0 Å². The monoisotopic (exact) mass is 341 g/mol. The molecule has 134 valence electrons. The van der Waals surface area contributed by atoms with E-state index >= 15 is 0 Å². The predicted molar refractivity (Wildman–Crippen MR) is 95.4 cm³/mol. The molecule has 25 heavy (non-hydrogen) atoms. The van der Waals surface area contributed by atoms with Gasteiger partial charge in [0.15, 0.2) is 0 Å². The first-order valence-corrected chi connectivity index (χ1v) is 9.25. The Morgan fingerprint density at radius 3 is 2.04 bits per heavy atom. The highest BCUT2D eigenvalue weighted by Crippen LogP contribution is 2.66. The minimum absolute atomic E-state index is 0.0226. The van der Waals surface area contributed by atoms with Crippen molar-refractivity contribution in [3.63, 3.8) is 0 Å². The number of nitrogens with one attached hydrogen (secondary N) is 1. The van der Waals surface area contributed by atoms with Crippen molar-refractivity contribution in [1.82, 2.24) is 5.32 Å². The average Bonchev–Trinajstić information content (AvgIpc) is 2.50. The predicted octanol–water partition coefficient (Wildman–Crippen LogP) is 3.95. The van der Waals surface area contributed by atoms with Gasteiger partial charge in [0.1, 0.15) is 0 Å². The molecule has 2 unspecified atom stereocenters. The average molecular weight is 341 g/mol. The zero-order valence-corrected chi connectivity index (χ0v) is 15.4. The van der Waals surface area contributed by atoms with Crippen molar-refractivity contribution in [2.75, 3.05) is 7.11 Å². The van der Waals surface area contributed by atoms with Gasteiger partial charge in [-0.3, -0.25) is 4.79 Å². The lowest BCUT2D eigenvalue weighted by Gasteiger charge is -2.65. The maximum Gasteiger partial charge on any atom is 0.337 e. The van der Waals surface area contributed by atoms with E-state index in [-0.39, 0.29) is 17.4 Å². The molecule has 4 saturated carbocycles. The number of amides is 1.